The minimum absolute atomic E-state index is 0.00897. The van der Waals surface area contributed by atoms with Crippen molar-refractivity contribution in [3.8, 4) is 23.3 Å². The molecule has 3 heterocycles. The number of phenolic OH excluding ortho intramolecular Hbond substituents is 1. The number of phenols is 1. The molecule has 0 amide bonds. The van der Waals surface area contributed by atoms with Crippen LogP contribution in [0, 0.1) is 11.8 Å². The summed E-state index contributed by atoms with van der Waals surface area (Å²) in [6.45, 7) is 2.45. The summed E-state index contributed by atoms with van der Waals surface area (Å²) in [6.07, 6.45) is 3.06. The molecule has 10 heteroatoms. The predicted molar refractivity (Wildman–Crippen MR) is 171 cm³/mol. The number of allylic oxidation sites excluding steroid dienone is 1. The highest BCUT2D eigenvalue weighted by Gasteiger charge is 2.32. The third kappa shape index (κ3) is 8.00. The van der Waals surface area contributed by atoms with Crippen LogP contribution in [-0.2, 0) is 17.6 Å². The van der Waals surface area contributed by atoms with Crippen LogP contribution in [0.4, 0.5) is 0 Å². The summed E-state index contributed by atoms with van der Waals surface area (Å²) < 4.78 is 6.35. The smallest absolute Gasteiger partial charge is 0.183 e. The number of hydrogen-bond acceptors (Lipinski definition) is 10. The number of hydrogen-bond donors (Lipinski definition) is 6. The molecule has 0 spiro atoms. The van der Waals surface area contributed by atoms with Gasteiger partial charge >= 0.3 is 0 Å². The lowest BCUT2D eigenvalue weighted by Gasteiger charge is -2.27. The summed E-state index contributed by atoms with van der Waals surface area (Å²) in [4.78, 5) is 19.2. The number of aliphatic imine (C=N–C) groups is 1. The van der Waals surface area contributed by atoms with E-state index in [1.165, 1.54) is 6.07 Å². The number of carbonyl (C=O) groups is 1. The van der Waals surface area contributed by atoms with Crippen molar-refractivity contribution in [1.82, 2.24) is 4.90 Å². The molecule has 3 aliphatic heterocycles. The van der Waals surface area contributed by atoms with Crippen LogP contribution in [-0.4, -0.2) is 61.8 Å². The fourth-order valence-corrected chi connectivity index (χ4v) is 5.93. The number of rotatable bonds is 12. The Bertz CT molecular complexity index is 1570. The van der Waals surface area contributed by atoms with Crippen molar-refractivity contribution >= 4 is 11.5 Å². The van der Waals surface area contributed by atoms with Crippen LogP contribution in [0.2, 0.25) is 0 Å². The first-order chi connectivity index (χ1) is 21.6. The van der Waals surface area contributed by atoms with E-state index in [1.807, 2.05) is 36.4 Å². The van der Waals surface area contributed by atoms with Gasteiger partial charge < -0.3 is 41.5 Å². The van der Waals surface area contributed by atoms with Crippen molar-refractivity contribution in [3.63, 3.8) is 0 Å². The molecule has 4 atom stereocenters. The summed E-state index contributed by atoms with van der Waals surface area (Å²) in [6, 6.07) is 10.5. The number of Topliss-reactive ketones (excluding diaryl/α,β-unsaturated/α-hetero) is 1. The van der Waals surface area contributed by atoms with Gasteiger partial charge in [0, 0.05) is 37.2 Å². The number of benzene rings is 2. The lowest BCUT2D eigenvalue weighted by Crippen LogP contribution is -2.35. The number of aliphatic hydroxyl groups excluding tert-OH is 3. The van der Waals surface area contributed by atoms with E-state index >= 15 is 0 Å². The molecule has 0 fully saturated rings. The lowest BCUT2D eigenvalue weighted by molar-refractivity contribution is -0.121. The van der Waals surface area contributed by atoms with E-state index in [0.29, 0.717) is 31.4 Å². The molecule has 0 aromatic heterocycles. The van der Waals surface area contributed by atoms with Crippen molar-refractivity contribution < 1.29 is 30.0 Å². The molecule has 0 unspecified atom stereocenters. The summed E-state index contributed by atoms with van der Waals surface area (Å²) >= 11 is 0. The molecule has 0 aliphatic carbocycles. The SMILES string of the molecule is CCC[C@H](O)C[C@@H](O)CC(=O)CCc1ccc(O)c(O[C@H]2CC#C[C@H](O)c3ccc(C(N)N)cc3CC3=CN=C4CN2C=C34)c1. The summed E-state index contributed by atoms with van der Waals surface area (Å²) in [5.74, 6) is 6.13. The number of nitrogens with zero attached hydrogens (tertiary/aromatic N) is 2. The van der Waals surface area contributed by atoms with Gasteiger partial charge in [-0.25, -0.2) is 0 Å². The van der Waals surface area contributed by atoms with Crippen LogP contribution in [0.25, 0.3) is 0 Å². The Kier molecular flexibility index (Phi) is 10.4. The van der Waals surface area contributed by atoms with Gasteiger partial charge in [-0.15, -0.1) is 0 Å². The van der Waals surface area contributed by atoms with Gasteiger partial charge in [0.1, 0.15) is 11.9 Å². The van der Waals surface area contributed by atoms with Crippen LogP contribution in [0.3, 0.4) is 0 Å². The van der Waals surface area contributed by atoms with Gasteiger partial charge in [0.2, 0.25) is 0 Å². The zero-order valence-electron chi connectivity index (χ0n) is 25.5. The van der Waals surface area contributed by atoms with Crippen molar-refractivity contribution in [3.05, 3.63) is 82.2 Å². The standard InChI is InChI=1S/C35H42N4O6/c1-2-4-25(40)16-27(42)17-26(41)10-7-21-8-12-32(44)33(13-21)45-34-6-3-5-31(43)28-11-9-22(35(36)37)14-23(28)15-24-18-38-30-20-39(34)19-29(24)30/h8-9,11-14,18-19,25,27,31,34-35,40,42-44H,2,4,6-7,10,15-17,20,36-37H2,1H3/t25-,27+,31-,34-/m0/s1. The van der Waals surface area contributed by atoms with E-state index < -0.39 is 30.7 Å². The van der Waals surface area contributed by atoms with Crippen LogP contribution in [0.15, 0.2) is 64.9 Å². The molecule has 8 N–H and O–H groups in total. The molecule has 10 nitrogen and oxygen atoms in total. The highest BCUT2D eigenvalue weighted by molar-refractivity contribution is 6.09. The molecule has 45 heavy (non-hydrogen) atoms. The Morgan fingerprint density at radius 1 is 1.18 bits per heavy atom. The Balaban J connectivity index is 1.31. The molecular weight excluding hydrogens is 572 g/mol. The minimum atomic E-state index is -1.03. The molecule has 5 rings (SSSR count). The summed E-state index contributed by atoms with van der Waals surface area (Å²) in [5, 5.41) is 41.8. The van der Waals surface area contributed by atoms with E-state index in [0.717, 1.165) is 40.0 Å². The largest absolute Gasteiger partial charge is 0.504 e. The van der Waals surface area contributed by atoms with Gasteiger partial charge in [-0.05, 0) is 59.2 Å². The minimum Gasteiger partial charge on any atom is -0.504 e. The van der Waals surface area contributed by atoms with Crippen molar-refractivity contribution in [2.75, 3.05) is 6.54 Å². The van der Waals surface area contributed by atoms with Crippen LogP contribution in [0.5, 0.6) is 11.5 Å². The third-order valence-electron chi connectivity index (χ3n) is 8.38. The fraction of sp³-hybridized carbons (Fsp3) is 0.429. The Morgan fingerprint density at radius 3 is 2.78 bits per heavy atom. The van der Waals surface area contributed by atoms with Crippen LogP contribution >= 0.6 is 0 Å². The van der Waals surface area contributed by atoms with E-state index in [1.54, 1.807) is 18.2 Å². The normalized spacial score (nSPS) is 20.2. The van der Waals surface area contributed by atoms with Crippen molar-refractivity contribution in [2.24, 2.45) is 16.5 Å². The monoisotopic (exact) mass is 614 g/mol. The number of ketones is 1. The number of ether oxygens (including phenoxy) is 1. The highest BCUT2D eigenvalue weighted by Crippen LogP contribution is 2.35. The van der Waals surface area contributed by atoms with Gasteiger partial charge in [-0.1, -0.05) is 49.5 Å². The number of aromatic hydroxyl groups is 1. The molecule has 0 saturated heterocycles. The molecule has 2 aromatic rings. The van der Waals surface area contributed by atoms with E-state index in [4.69, 9.17) is 16.2 Å². The van der Waals surface area contributed by atoms with Gasteiger partial charge in [0.15, 0.2) is 17.7 Å². The molecule has 2 aromatic carbocycles. The van der Waals surface area contributed by atoms with Gasteiger partial charge in [0.25, 0.3) is 0 Å². The number of carbonyl (C=O) groups excluding carboxylic acids is 1. The quantitative estimate of drug-likeness (QED) is 0.155. The second kappa shape index (κ2) is 14.4. The highest BCUT2D eigenvalue weighted by atomic mass is 16.5. The van der Waals surface area contributed by atoms with Crippen LogP contribution < -0.4 is 16.2 Å². The number of aliphatic hydroxyl groups is 3. The molecule has 0 saturated carbocycles. The maximum atomic E-state index is 12.5. The van der Waals surface area contributed by atoms with Crippen LogP contribution in [0.1, 0.15) is 80.0 Å². The molecule has 238 valence electrons. The average molecular weight is 615 g/mol. The van der Waals surface area contributed by atoms with Crippen molar-refractivity contribution in [1.29, 1.82) is 0 Å². The van der Waals surface area contributed by atoms with E-state index in [2.05, 4.69) is 16.8 Å². The molecule has 3 aliphatic rings. The van der Waals surface area contributed by atoms with Gasteiger partial charge in [0.05, 0.1) is 37.1 Å². The van der Waals surface area contributed by atoms with E-state index in [9.17, 15) is 25.2 Å². The van der Waals surface area contributed by atoms with E-state index in [-0.39, 0.29) is 43.0 Å². The van der Waals surface area contributed by atoms with Crippen molar-refractivity contribution in [2.45, 2.75) is 89.0 Å². The second-order valence-electron chi connectivity index (χ2n) is 12.0. The Morgan fingerprint density at radius 2 is 2.00 bits per heavy atom. The Hall–Kier alpha value is -3.98. The number of fused-ring (bicyclic) bond motifs is 2. The average Bonchev–Trinajstić information content (AvgIpc) is 3.58. The second-order valence-corrected chi connectivity index (χ2v) is 12.0. The summed E-state index contributed by atoms with van der Waals surface area (Å²) in [5.41, 5.74) is 17.9. The fourth-order valence-electron chi connectivity index (χ4n) is 5.93. The zero-order valence-corrected chi connectivity index (χ0v) is 25.5. The number of aryl methyl sites for hydroxylation is 1. The lowest BCUT2D eigenvalue weighted by atomic mass is 9.91. The topological polar surface area (TPSA) is 175 Å². The number of nitrogens with two attached hydrogens (primary N) is 2. The summed E-state index contributed by atoms with van der Waals surface area (Å²) in [7, 11) is 0. The third-order valence-corrected chi connectivity index (χ3v) is 8.38. The maximum absolute atomic E-state index is 12.5. The maximum Gasteiger partial charge on any atom is 0.183 e. The molecular formula is C35H42N4O6. The first-order valence-corrected chi connectivity index (χ1v) is 15.5. The zero-order chi connectivity index (χ0) is 32.1. The van der Waals surface area contributed by atoms with Gasteiger partial charge in [-0.3, -0.25) is 9.79 Å². The Labute approximate surface area is 263 Å². The first kappa shape index (κ1) is 32.4. The van der Waals surface area contributed by atoms with Gasteiger partial charge in [-0.2, -0.15) is 0 Å². The first-order valence-electron chi connectivity index (χ1n) is 15.5. The predicted octanol–water partition coefficient (Wildman–Crippen LogP) is 3.04. The molecule has 2 bridgehead atoms. The molecule has 0 radical (unpaired) electrons.